The Bertz CT molecular complexity index is 1270. The largest absolute Gasteiger partial charge is 0.462 e. The van der Waals surface area contributed by atoms with Crippen molar-refractivity contribution in [1.82, 2.24) is 0 Å². The average Bonchev–Trinajstić information content (AvgIpc) is 3.45. The van der Waals surface area contributed by atoms with Crippen LogP contribution in [0.15, 0.2) is 24.3 Å². The van der Waals surface area contributed by atoms with Crippen LogP contribution in [0.25, 0.3) is 0 Å². The van der Waals surface area contributed by atoms with Crippen molar-refractivity contribution in [3.05, 3.63) is 24.3 Å². The van der Waals surface area contributed by atoms with Crippen LogP contribution in [-0.4, -0.2) is 37.2 Å². The Morgan fingerprint density at radius 1 is 0.253 bits per heavy atom. The van der Waals surface area contributed by atoms with Gasteiger partial charge in [0, 0.05) is 19.3 Å². The molecule has 0 heterocycles. The SMILES string of the molecule is CCCCCCC/C=C\C/C=C\CCCCCCCCCCCCCCCCCCCC(=O)OCC(COC(=O)CCCCCCCCCCCCCCCCC)OC(=O)CCCCCCCCCCCCCCCCCCC. The molecule has 6 heteroatoms. The van der Waals surface area contributed by atoms with Crippen LogP contribution in [0.1, 0.15) is 406 Å². The monoisotopic (exact) mass is 1110 g/mol. The predicted molar refractivity (Wildman–Crippen MR) is 344 cm³/mol. The van der Waals surface area contributed by atoms with E-state index in [1.807, 2.05) is 0 Å². The number of allylic oxidation sites excluding steroid dienone is 4. The van der Waals surface area contributed by atoms with E-state index in [0.29, 0.717) is 19.3 Å². The first kappa shape index (κ1) is 76.9. The molecule has 0 bridgehead atoms. The quantitative estimate of drug-likeness (QED) is 0.0261. The fraction of sp³-hybridized carbons (Fsp3) is 0.904. The average molecular weight is 1110 g/mol. The Balaban J connectivity index is 4.18. The van der Waals surface area contributed by atoms with Gasteiger partial charge in [-0.25, -0.2) is 0 Å². The van der Waals surface area contributed by atoms with E-state index >= 15 is 0 Å². The summed E-state index contributed by atoms with van der Waals surface area (Å²) in [6, 6.07) is 0. The molecular formula is C73H138O6. The topological polar surface area (TPSA) is 78.9 Å². The highest BCUT2D eigenvalue weighted by Crippen LogP contribution is 2.19. The summed E-state index contributed by atoms with van der Waals surface area (Å²) in [6.45, 7) is 6.72. The van der Waals surface area contributed by atoms with Crippen molar-refractivity contribution in [2.45, 2.75) is 412 Å². The number of rotatable bonds is 67. The maximum absolute atomic E-state index is 12.9. The van der Waals surface area contributed by atoms with Gasteiger partial charge in [0.15, 0.2) is 6.10 Å². The number of unbranched alkanes of at least 4 members (excludes halogenated alkanes) is 52. The summed E-state index contributed by atoms with van der Waals surface area (Å²) >= 11 is 0. The van der Waals surface area contributed by atoms with Crippen LogP contribution in [0.2, 0.25) is 0 Å². The summed E-state index contributed by atoms with van der Waals surface area (Å²) in [5.74, 6) is -0.827. The molecule has 0 aliphatic heterocycles. The fourth-order valence-corrected chi connectivity index (χ4v) is 11.1. The zero-order chi connectivity index (χ0) is 57.1. The Kier molecular flexibility index (Phi) is 66.6. The van der Waals surface area contributed by atoms with Crippen molar-refractivity contribution in [3.63, 3.8) is 0 Å². The van der Waals surface area contributed by atoms with Crippen molar-refractivity contribution in [1.29, 1.82) is 0 Å². The second kappa shape index (κ2) is 68.4. The molecule has 1 atom stereocenters. The Morgan fingerprint density at radius 3 is 0.696 bits per heavy atom. The predicted octanol–water partition coefficient (Wildman–Crippen LogP) is 24.6. The maximum Gasteiger partial charge on any atom is 0.306 e. The van der Waals surface area contributed by atoms with Crippen LogP contribution in [-0.2, 0) is 28.6 Å². The molecule has 0 aliphatic carbocycles. The van der Waals surface area contributed by atoms with Crippen LogP contribution in [0.4, 0.5) is 0 Å². The van der Waals surface area contributed by atoms with E-state index in [4.69, 9.17) is 14.2 Å². The van der Waals surface area contributed by atoms with Crippen molar-refractivity contribution in [2.24, 2.45) is 0 Å². The number of esters is 3. The molecule has 0 aromatic rings. The molecule has 0 fully saturated rings. The minimum Gasteiger partial charge on any atom is -0.462 e. The molecule has 79 heavy (non-hydrogen) atoms. The first-order chi connectivity index (χ1) is 39.0. The van der Waals surface area contributed by atoms with Gasteiger partial charge in [-0.05, 0) is 51.4 Å². The number of hydrogen-bond acceptors (Lipinski definition) is 6. The molecule has 0 saturated carbocycles. The van der Waals surface area contributed by atoms with Crippen LogP contribution in [0.3, 0.4) is 0 Å². The first-order valence-electron chi connectivity index (χ1n) is 35.8. The number of ether oxygens (including phenoxy) is 3. The molecule has 0 saturated heterocycles. The van der Waals surface area contributed by atoms with E-state index in [0.717, 1.165) is 64.2 Å². The number of hydrogen-bond donors (Lipinski definition) is 0. The van der Waals surface area contributed by atoms with Crippen molar-refractivity contribution in [3.8, 4) is 0 Å². The van der Waals surface area contributed by atoms with Gasteiger partial charge in [0.1, 0.15) is 13.2 Å². The molecule has 0 aromatic heterocycles. The van der Waals surface area contributed by atoms with Gasteiger partial charge in [0.05, 0.1) is 0 Å². The molecule has 466 valence electrons. The third-order valence-corrected chi connectivity index (χ3v) is 16.5. The Labute approximate surface area is 493 Å². The Hall–Kier alpha value is -2.11. The lowest BCUT2D eigenvalue weighted by Crippen LogP contribution is -2.30. The van der Waals surface area contributed by atoms with Crippen molar-refractivity contribution in [2.75, 3.05) is 13.2 Å². The van der Waals surface area contributed by atoms with E-state index in [-0.39, 0.29) is 31.1 Å². The van der Waals surface area contributed by atoms with Crippen LogP contribution >= 0.6 is 0 Å². The van der Waals surface area contributed by atoms with Crippen molar-refractivity contribution >= 4 is 17.9 Å². The van der Waals surface area contributed by atoms with Gasteiger partial charge in [0.25, 0.3) is 0 Å². The molecule has 6 nitrogen and oxygen atoms in total. The molecule has 0 rings (SSSR count). The lowest BCUT2D eigenvalue weighted by molar-refractivity contribution is -0.167. The van der Waals surface area contributed by atoms with Gasteiger partial charge in [-0.15, -0.1) is 0 Å². The van der Waals surface area contributed by atoms with Crippen LogP contribution in [0, 0.1) is 0 Å². The number of carbonyl (C=O) groups excluding carboxylic acids is 3. The standard InChI is InChI=1S/C73H138O6/c1-4-7-10-13-16-19-22-25-28-30-31-32-33-34-35-36-37-38-39-40-41-43-45-48-51-54-57-60-63-66-72(75)78-69-70(68-77-71(74)65-62-59-56-53-50-47-44-27-24-21-18-15-12-9-6-3)79-73(76)67-64-61-58-55-52-49-46-42-29-26-23-20-17-14-11-8-5-2/h22,25,30-31,70H,4-21,23-24,26-29,32-69H2,1-3H3/b25-22-,31-30-. The lowest BCUT2D eigenvalue weighted by atomic mass is 10.0. The van der Waals surface area contributed by atoms with E-state index in [2.05, 4.69) is 45.1 Å². The first-order valence-corrected chi connectivity index (χ1v) is 35.8. The van der Waals surface area contributed by atoms with Crippen LogP contribution in [0.5, 0.6) is 0 Å². The minimum absolute atomic E-state index is 0.0630. The molecule has 1 unspecified atom stereocenters. The zero-order valence-corrected chi connectivity index (χ0v) is 53.7. The summed E-state index contributed by atoms with van der Waals surface area (Å²) < 4.78 is 17.0. The highest BCUT2D eigenvalue weighted by atomic mass is 16.6. The zero-order valence-electron chi connectivity index (χ0n) is 53.7. The Morgan fingerprint density at radius 2 is 0.456 bits per heavy atom. The normalized spacial score (nSPS) is 12.1. The van der Waals surface area contributed by atoms with Gasteiger partial charge in [-0.1, -0.05) is 360 Å². The summed E-state index contributed by atoms with van der Waals surface area (Å²) in [4.78, 5) is 38.4. The second-order valence-electron chi connectivity index (χ2n) is 24.5. The van der Waals surface area contributed by atoms with Gasteiger partial charge in [0.2, 0.25) is 0 Å². The minimum atomic E-state index is -0.766. The van der Waals surface area contributed by atoms with Gasteiger partial charge in [-0.3, -0.25) is 14.4 Å². The van der Waals surface area contributed by atoms with E-state index in [9.17, 15) is 14.4 Å². The molecule has 0 radical (unpaired) electrons. The molecule has 0 N–H and O–H groups in total. The van der Waals surface area contributed by atoms with Crippen LogP contribution < -0.4 is 0 Å². The third kappa shape index (κ3) is 66.6. The number of carbonyl (C=O) groups is 3. The maximum atomic E-state index is 12.9. The smallest absolute Gasteiger partial charge is 0.306 e. The van der Waals surface area contributed by atoms with E-state index in [1.165, 1.54) is 302 Å². The van der Waals surface area contributed by atoms with Gasteiger partial charge < -0.3 is 14.2 Å². The third-order valence-electron chi connectivity index (χ3n) is 16.5. The van der Waals surface area contributed by atoms with Gasteiger partial charge >= 0.3 is 17.9 Å². The van der Waals surface area contributed by atoms with Crippen molar-refractivity contribution < 1.29 is 28.6 Å². The second-order valence-corrected chi connectivity index (χ2v) is 24.5. The fourth-order valence-electron chi connectivity index (χ4n) is 11.1. The summed E-state index contributed by atoms with van der Waals surface area (Å²) in [6.07, 6.45) is 83.5. The molecule has 0 spiro atoms. The lowest BCUT2D eigenvalue weighted by Gasteiger charge is -2.18. The summed E-state index contributed by atoms with van der Waals surface area (Å²) in [5, 5.41) is 0. The molecule has 0 amide bonds. The summed E-state index contributed by atoms with van der Waals surface area (Å²) in [7, 11) is 0. The highest BCUT2D eigenvalue weighted by Gasteiger charge is 2.19. The molecule has 0 aliphatic rings. The highest BCUT2D eigenvalue weighted by molar-refractivity contribution is 5.71. The van der Waals surface area contributed by atoms with Gasteiger partial charge in [-0.2, -0.15) is 0 Å². The van der Waals surface area contributed by atoms with E-state index in [1.54, 1.807) is 0 Å². The summed E-state index contributed by atoms with van der Waals surface area (Å²) in [5.41, 5.74) is 0. The molecule has 0 aromatic carbocycles. The molecular weight excluding hydrogens is 973 g/mol. The van der Waals surface area contributed by atoms with E-state index < -0.39 is 6.10 Å².